The molecule has 0 aromatic heterocycles. The van der Waals surface area contributed by atoms with E-state index in [4.69, 9.17) is 0 Å². The van der Waals surface area contributed by atoms with Gasteiger partial charge >= 0.3 is 0 Å². The van der Waals surface area contributed by atoms with E-state index in [1.165, 1.54) is 11.0 Å². The number of piperidine rings is 1. The first-order chi connectivity index (χ1) is 12.5. The third kappa shape index (κ3) is 5.75. The van der Waals surface area contributed by atoms with Crippen LogP contribution in [0.15, 0.2) is 41.9 Å². The quantitative estimate of drug-likeness (QED) is 0.459. The van der Waals surface area contributed by atoms with E-state index in [0.717, 1.165) is 19.4 Å². The molecule has 0 bridgehead atoms. The molecule has 1 fully saturated rings. The fourth-order valence-electron chi connectivity index (χ4n) is 2.82. The molecule has 1 aromatic carbocycles. The molecule has 1 saturated heterocycles. The van der Waals surface area contributed by atoms with E-state index in [0.29, 0.717) is 24.7 Å². The first-order valence-corrected chi connectivity index (χ1v) is 8.86. The van der Waals surface area contributed by atoms with Crippen molar-refractivity contribution in [2.24, 2.45) is 4.99 Å². The number of nitrogens with zero attached hydrogens (tertiary/aromatic N) is 3. The molecule has 1 aliphatic heterocycles. The molecule has 0 aliphatic carbocycles. The summed E-state index contributed by atoms with van der Waals surface area (Å²) in [5, 5.41) is 6.49. The Morgan fingerprint density at radius 3 is 2.92 bits per heavy atom. The number of rotatable bonds is 6. The van der Waals surface area contributed by atoms with Crippen molar-refractivity contribution in [3.8, 4) is 0 Å². The van der Waals surface area contributed by atoms with Gasteiger partial charge in [0, 0.05) is 39.8 Å². The van der Waals surface area contributed by atoms with Gasteiger partial charge in [-0.05, 0) is 25.0 Å². The Morgan fingerprint density at radius 1 is 1.46 bits per heavy atom. The predicted octanol–water partition coefficient (Wildman–Crippen LogP) is 1.60. The fourth-order valence-corrected chi connectivity index (χ4v) is 2.82. The zero-order valence-corrected chi connectivity index (χ0v) is 15.5. The number of benzene rings is 1. The number of hydrogen-bond donors (Lipinski definition) is 2. The van der Waals surface area contributed by atoms with Gasteiger partial charge in [0.05, 0.1) is 5.69 Å². The second-order valence-electron chi connectivity index (χ2n) is 6.50. The van der Waals surface area contributed by atoms with E-state index in [1.54, 1.807) is 32.3 Å². The molecule has 1 aliphatic rings. The van der Waals surface area contributed by atoms with Gasteiger partial charge in [-0.3, -0.25) is 4.79 Å². The van der Waals surface area contributed by atoms with Crippen molar-refractivity contribution in [2.45, 2.75) is 18.9 Å². The van der Waals surface area contributed by atoms with Gasteiger partial charge in [0.25, 0.3) is 0 Å². The van der Waals surface area contributed by atoms with Crippen LogP contribution < -0.4 is 15.5 Å². The molecule has 6 nitrogen and oxygen atoms in total. The number of nitrogens with one attached hydrogen (secondary N) is 2. The van der Waals surface area contributed by atoms with Crippen LogP contribution in [0.2, 0.25) is 0 Å². The first kappa shape index (κ1) is 19.8. The molecule has 2 N–H and O–H groups in total. The molecule has 0 saturated carbocycles. The summed E-state index contributed by atoms with van der Waals surface area (Å²) in [6.07, 6.45) is 3.65. The number of anilines is 1. The Labute approximate surface area is 154 Å². The Balaban J connectivity index is 2.02. The summed E-state index contributed by atoms with van der Waals surface area (Å²) in [7, 11) is 3.41. The Morgan fingerprint density at radius 2 is 2.23 bits per heavy atom. The molecule has 1 amide bonds. The average molecular weight is 361 g/mol. The van der Waals surface area contributed by atoms with Gasteiger partial charge in [0.15, 0.2) is 5.96 Å². The summed E-state index contributed by atoms with van der Waals surface area (Å²) < 4.78 is 14.1. The van der Waals surface area contributed by atoms with E-state index in [2.05, 4.69) is 22.2 Å². The second kappa shape index (κ2) is 9.79. The number of aliphatic imine (C=N–C) groups is 1. The Bertz CT molecular complexity index is 647. The first-order valence-electron chi connectivity index (χ1n) is 8.86. The van der Waals surface area contributed by atoms with Crippen molar-refractivity contribution in [3.63, 3.8) is 0 Å². The number of halogens is 1. The lowest BCUT2D eigenvalue weighted by Gasteiger charge is -2.35. The smallest absolute Gasteiger partial charge is 0.243 e. The van der Waals surface area contributed by atoms with Crippen LogP contribution >= 0.6 is 0 Å². The van der Waals surface area contributed by atoms with E-state index in [1.807, 2.05) is 11.0 Å². The van der Waals surface area contributed by atoms with Gasteiger partial charge in [0.2, 0.25) is 5.91 Å². The molecule has 1 heterocycles. The van der Waals surface area contributed by atoms with Crippen molar-refractivity contribution >= 4 is 17.6 Å². The number of amides is 1. The summed E-state index contributed by atoms with van der Waals surface area (Å²) in [5.41, 5.74) is 0.624. The van der Waals surface area contributed by atoms with Crippen molar-refractivity contribution < 1.29 is 9.18 Å². The van der Waals surface area contributed by atoms with Crippen molar-refractivity contribution in [2.75, 3.05) is 45.2 Å². The zero-order valence-electron chi connectivity index (χ0n) is 15.5. The third-order valence-corrected chi connectivity index (χ3v) is 4.24. The minimum atomic E-state index is -0.205. The SMILES string of the molecule is C=CCNC(=NCC(=O)N(C)C)NC1CCCN(c2ccccc2F)C1. The number of guanidine groups is 1. The molecule has 1 aromatic rings. The van der Waals surface area contributed by atoms with E-state index >= 15 is 0 Å². The zero-order chi connectivity index (χ0) is 18.9. The fraction of sp³-hybridized carbons (Fsp3) is 0.474. The molecule has 0 spiro atoms. The number of carbonyl (C=O) groups excluding carboxylic acids is 1. The average Bonchev–Trinajstić information content (AvgIpc) is 2.64. The predicted molar refractivity (Wildman–Crippen MR) is 104 cm³/mol. The monoisotopic (exact) mass is 361 g/mol. The minimum absolute atomic E-state index is 0.0682. The van der Waals surface area contributed by atoms with E-state index < -0.39 is 0 Å². The highest BCUT2D eigenvalue weighted by atomic mass is 19.1. The van der Waals surface area contributed by atoms with E-state index in [-0.39, 0.29) is 24.3 Å². The summed E-state index contributed by atoms with van der Waals surface area (Å²) in [5.74, 6) is 0.296. The molecular formula is C19H28FN5O. The van der Waals surface area contributed by atoms with Gasteiger partial charge in [-0.15, -0.1) is 6.58 Å². The van der Waals surface area contributed by atoms with Crippen LogP contribution in [0.1, 0.15) is 12.8 Å². The molecule has 0 radical (unpaired) electrons. The second-order valence-corrected chi connectivity index (χ2v) is 6.50. The summed E-state index contributed by atoms with van der Waals surface area (Å²) in [6, 6.07) is 6.95. The van der Waals surface area contributed by atoms with Crippen LogP contribution in [0.5, 0.6) is 0 Å². The molecular weight excluding hydrogens is 333 g/mol. The maximum Gasteiger partial charge on any atom is 0.243 e. The molecule has 1 unspecified atom stereocenters. The van der Waals surface area contributed by atoms with Crippen molar-refractivity contribution in [1.29, 1.82) is 0 Å². The normalized spacial score (nSPS) is 17.6. The summed E-state index contributed by atoms with van der Waals surface area (Å²) in [4.78, 5) is 19.7. The van der Waals surface area contributed by atoms with Crippen LogP contribution in [0, 0.1) is 5.82 Å². The number of hydrogen-bond acceptors (Lipinski definition) is 3. The number of likely N-dealkylation sites (N-methyl/N-ethyl adjacent to an activating group) is 1. The maximum absolute atomic E-state index is 14.1. The Hall–Kier alpha value is -2.57. The molecule has 142 valence electrons. The Kier molecular flexibility index (Phi) is 7.44. The molecule has 1 atom stereocenters. The lowest BCUT2D eigenvalue weighted by Crippen LogP contribution is -2.51. The van der Waals surface area contributed by atoms with Gasteiger partial charge in [-0.1, -0.05) is 18.2 Å². The van der Waals surface area contributed by atoms with Gasteiger partial charge in [-0.2, -0.15) is 0 Å². The largest absolute Gasteiger partial charge is 0.367 e. The number of carbonyl (C=O) groups is 1. The van der Waals surface area contributed by atoms with Crippen LogP contribution in [0.4, 0.5) is 10.1 Å². The van der Waals surface area contributed by atoms with Crippen LogP contribution in [0.25, 0.3) is 0 Å². The van der Waals surface area contributed by atoms with Crippen LogP contribution in [-0.2, 0) is 4.79 Å². The maximum atomic E-state index is 14.1. The van der Waals surface area contributed by atoms with Gasteiger partial charge < -0.3 is 20.4 Å². The van der Waals surface area contributed by atoms with Gasteiger partial charge in [0.1, 0.15) is 12.4 Å². The number of para-hydroxylation sites is 1. The van der Waals surface area contributed by atoms with Crippen molar-refractivity contribution in [1.82, 2.24) is 15.5 Å². The standard InChI is InChI=1S/C19H28FN5O/c1-4-11-21-19(22-13-18(26)24(2)3)23-15-8-7-12-25(14-15)17-10-6-5-9-16(17)20/h4-6,9-10,15H,1,7-8,11-14H2,2-3H3,(H2,21,22,23). The van der Waals surface area contributed by atoms with Crippen LogP contribution in [-0.4, -0.2) is 63.1 Å². The highest BCUT2D eigenvalue weighted by Crippen LogP contribution is 2.22. The summed E-state index contributed by atoms with van der Waals surface area (Å²) in [6.45, 7) is 5.82. The van der Waals surface area contributed by atoms with E-state index in [9.17, 15) is 9.18 Å². The van der Waals surface area contributed by atoms with Gasteiger partial charge in [-0.25, -0.2) is 9.38 Å². The summed E-state index contributed by atoms with van der Waals surface area (Å²) >= 11 is 0. The lowest BCUT2D eigenvalue weighted by atomic mass is 10.0. The minimum Gasteiger partial charge on any atom is -0.367 e. The topological polar surface area (TPSA) is 60.0 Å². The van der Waals surface area contributed by atoms with Crippen LogP contribution in [0.3, 0.4) is 0 Å². The highest BCUT2D eigenvalue weighted by Gasteiger charge is 2.22. The van der Waals surface area contributed by atoms with Crippen molar-refractivity contribution in [3.05, 3.63) is 42.7 Å². The molecule has 2 rings (SSSR count). The lowest BCUT2D eigenvalue weighted by molar-refractivity contribution is -0.127. The molecule has 26 heavy (non-hydrogen) atoms. The molecule has 7 heteroatoms. The third-order valence-electron chi connectivity index (χ3n) is 4.24. The highest BCUT2D eigenvalue weighted by molar-refractivity contribution is 5.85.